The van der Waals surface area contributed by atoms with Crippen LogP contribution in [-0.2, 0) is 19.8 Å². The normalized spacial score (nSPS) is 22.4. The number of likely N-dealkylation sites (N-methyl/N-ethyl adjacent to an activating group) is 2. The molecule has 2 fully saturated rings. The van der Waals surface area contributed by atoms with E-state index in [9.17, 15) is 24.3 Å². The Kier molecular flexibility index (Phi) is 10.2. The molecule has 0 aliphatic heterocycles. The van der Waals surface area contributed by atoms with Crippen LogP contribution in [0.25, 0.3) is 0 Å². The SMILES string of the molecule is CC(CC1(NC(=O)c2csc(C3(C[C@H](C(C)C)N(C)C(=O)[C@H](C)NC(=O)C(C)(C)N(C)C)CC3)n2)CC1c1nccs1)C(=O)O. The summed E-state index contributed by atoms with van der Waals surface area (Å²) in [6.45, 7) is 11.2. The van der Waals surface area contributed by atoms with Gasteiger partial charge in [0.15, 0.2) is 0 Å². The molecule has 2 saturated carbocycles. The predicted octanol–water partition coefficient (Wildman–Crippen LogP) is 4.12. The maximum atomic E-state index is 13.5. The van der Waals surface area contributed by atoms with Crippen LogP contribution in [0.5, 0.6) is 0 Å². The first-order chi connectivity index (χ1) is 20.9. The van der Waals surface area contributed by atoms with Crippen molar-refractivity contribution in [2.75, 3.05) is 21.1 Å². The van der Waals surface area contributed by atoms with Crippen LogP contribution in [0.1, 0.15) is 100 Å². The third kappa shape index (κ3) is 7.41. The number of carboxylic acids is 1. The molecule has 0 saturated heterocycles. The van der Waals surface area contributed by atoms with Gasteiger partial charge in [-0.05, 0) is 72.9 Å². The standard InChI is InChI=1S/C32H48N6O5S2/c1-18(2)23(38(9)26(40)20(4)34-28(43)30(5,6)37(7)8)16-31(10-11-31)29-35-22(17-45-29)24(39)36-32(14-19(3)27(41)42)15-21(32)25-33-12-13-44-25/h12-13,17-21,23H,10-11,14-16H2,1-9H3,(H,34,43)(H,36,39)(H,41,42)/t19?,20-,21?,23+,32?/m0/s1. The minimum atomic E-state index is -0.891. The molecule has 11 nitrogen and oxygen atoms in total. The zero-order chi connectivity index (χ0) is 33.5. The highest BCUT2D eigenvalue weighted by Gasteiger charge is 2.58. The molecule has 0 spiro atoms. The Morgan fingerprint density at radius 1 is 1.09 bits per heavy atom. The summed E-state index contributed by atoms with van der Waals surface area (Å²) in [5.74, 6) is -2.02. The first kappa shape index (κ1) is 35.0. The van der Waals surface area contributed by atoms with Gasteiger partial charge in [0.05, 0.1) is 27.0 Å². The van der Waals surface area contributed by atoms with Crippen molar-refractivity contribution >= 4 is 46.4 Å². The topological polar surface area (TPSA) is 145 Å². The highest BCUT2D eigenvalue weighted by Crippen LogP contribution is 2.56. The fourth-order valence-corrected chi connectivity index (χ4v) is 7.91. The van der Waals surface area contributed by atoms with Crippen LogP contribution in [0.4, 0.5) is 0 Å². The zero-order valence-corrected chi connectivity index (χ0v) is 29.5. The van der Waals surface area contributed by atoms with E-state index in [1.165, 1.54) is 22.7 Å². The number of amides is 3. The number of carbonyl (C=O) groups is 4. The van der Waals surface area contributed by atoms with Gasteiger partial charge in [-0.15, -0.1) is 22.7 Å². The van der Waals surface area contributed by atoms with Crippen LogP contribution in [0.3, 0.4) is 0 Å². The molecule has 2 aliphatic rings. The molecule has 5 atom stereocenters. The molecule has 3 amide bonds. The van der Waals surface area contributed by atoms with E-state index < -0.39 is 29.0 Å². The summed E-state index contributed by atoms with van der Waals surface area (Å²) >= 11 is 2.98. The van der Waals surface area contributed by atoms with E-state index in [1.54, 1.807) is 37.4 Å². The lowest BCUT2D eigenvalue weighted by Gasteiger charge is -2.37. The van der Waals surface area contributed by atoms with Gasteiger partial charge in [-0.25, -0.2) is 9.97 Å². The number of nitrogens with zero attached hydrogens (tertiary/aromatic N) is 4. The van der Waals surface area contributed by atoms with Crippen molar-refractivity contribution in [3.63, 3.8) is 0 Å². The van der Waals surface area contributed by atoms with E-state index >= 15 is 0 Å². The van der Waals surface area contributed by atoms with Crippen LogP contribution in [0.2, 0.25) is 0 Å². The largest absolute Gasteiger partial charge is 0.481 e. The molecule has 2 aromatic heterocycles. The molecule has 45 heavy (non-hydrogen) atoms. The summed E-state index contributed by atoms with van der Waals surface area (Å²) in [4.78, 5) is 64.4. The van der Waals surface area contributed by atoms with Crippen LogP contribution in [0.15, 0.2) is 17.0 Å². The Bertz CT molecular complexity index is 1400. The van der Waals surface area contributed by atoms with Gasteiger partial charge in [-0.1, -0.05) is 20.8 Å². The molecule has 3 unspecified atom stereocenters. The lowest BCUT2D eigenvalue weighted by Crippen LogP contribution is -2.57. The van der Waals surface area contributed by atoms with Gasteiger partial charge in [0, 0.05) is 41.4 Å². The molecular weight excluding hydrogens is 613 g/mol. The Morgan fingerprint density at radius 3 is 2.29 bits per heavy atom. The first-order valence-electron chi connectivity index (χ1n) is 15.6. The highest BCUT2D eigenvalue weighted by molar-refractivity contribution is 7.10. The monoisotopic (exact) mass is 660 g/mol. The highest BCUT2D eigenvalue weighted by atomic mass is 32.1. The maximum absolute atomic E-state index is 13.5. The Morgan fingerprint density at radius 2 is 1.76 bits per heavy atom. The first-order valence-corrected chi connectivity index (χ1v) is 17.4. The number of nitrogens with one attached hydrogen (secondary N) is 2. The third-order valence-corrected chi connectivity index (χ3v) is 11.9. The molecule has 2 aromatic rings. The Balaban J connectivity index is 1.45. The van der Waals surface area contributed by atoms with Crippen LogP contribution < -0.4 is 10.6 Å². The van der Waals surface area contributed by atoms with Crippen LogP contribution >= 0.6 is 22.7 Å². The summed E-state index contributed by atoms with van der Waals surface area (Å²) in [5.41, 5.74) is -1.30. The number of thiazole rings is 2. The van der Waals surface area contributed by atoms with E-state index in [1.807, 2.05) is 38.2 Å². The third-order valence-electron chi connectivity index (χ3n) is 9.93. The van der Waals surface area contributed by atoms with Crippen LogP contribution in [0, 0.1) is 11.8 Å². The summed E-state index contributed by atoms with van der Waals surface area (Å²) in [6.07, 6.45) is 5.24. The summed E-state index contributed by atoms with van der Waals surface area (Å²) in [5, 5.41) is 21.1. The second-order valence-electron chi connectivity index (χ2n) is 14.1. The molecule has 0 bridgehead atoms. The minimum absolute atomic E-state index is 0.0165. The van der Waals surface area contributed by atoms with Crippen molar-refractivity contribution < 1.29 is 24.3 Å². The van der Waals surface area contributed by atoms with Crippen molar-refractivity contribution in [2.24, 2.45) is 11.8 Å². The van der Waals surface area contributed by atoms with Gasteiger partial charge in [0.2, 0.25) is 11.8 Å². The predicted molar refractivity (Wildman–Crippen MR) is 175 cm³/mol. The molecule has 248 valence electrons. The number of aromatic nitrogens is 2. The van der Waals surface area contributed by atoms with Crippen molar-refractivity contribution in [2.45, 2.75) is 108 Å². The van der Waals surface area contributed by atoms with Gasteiger partial charge in [0.1, 0.15) is 11.7 Å². The number of rotatable bonds is 15. The minimum Gasteiger partial charge on any atom is -0.481 e. The zero-order valence-electron chi connectivity index (χ0n) is 27.8. The van der Waals surface area contributed by atoms with Crippen molar-refractivity contribution in [3.05, 3.63) is 32.7 Å². The quantitative estimate of drug-likeness (QED) is 0.259. The van der Waals surface area contributed by atoms with Crippen molar-refractivity contribution in [1.29, 1.82) is 0 Å². The van der Waals surface area contributed by atoms with Crippen molar-refractivity contribution in [3.8, 4) is 0 Å². The van der Waals surface area contributed by atoms with E-state index in [-0.39, 0.29) is 41.0 Å². The van der Waals surface area contributed by atoms with E-state index in [2.05, 4.69) is 29.5 Å². The Hall–Kier alpha value is -2.90. The number of carboxylic acid groups (broad SMARTS) is 1. The van der Waals surface area contributed by atoms with Gasteiger partial charge in [-0.3, -0.25) is 24.1 Å². The molecule has 3 N–H and O–H groups in total. The van der Waals surface area contributed by atoms with Gasteiger partial charge >= 0.3 is 5.97 Å². The number of aliphatic carboxylic acids is 1. The average molecular weight is 661 g/mol. The lowest BCUT2D eigenvalue weighted by molar-refractivity contribution is -0.141. The molecule has 13 heteroatoms. The fraction of sp³-hybridized carbons (Fsp3) is 0.688. The van der Waals surface area contributed by atoms with Crippen molar-refractivity contribution in [1.82, 2.24) is 30.4 Å². The molecule has 0 aromatic carbocycles. The average Bonchev–Trinajstić information content (AvgIpc) is 3.70. The lowest BCUT2D eigenvalue weighted by atomic mass is 9.89. The van der Waals surface area contributed by atoms with E-state index in [4.69, 9.17) is 4.98 Å². The smallest absolute Gasteiger partial charge is 0.306 e. The number of carbonyl (C=O) groups excluding carboxylic acids is 3. The molecule has 0 radical (unpaired) electrons. The fourth-order valence-electron chi connectivity index (χ4n) is 5.98. The summed E-state index contributed by atoms with van der Waals surface area (Å²) < 4.78 is 0. The molecule has 2 aliphatic carbocycles. The molecular formula is C32H48N6O5S2. The summed E-state index contributed by atoms with van der Waals surface area (Å²) in [6, 6.07) is -0.770. The Labute approximate surface area is 274 Å². The van der Waals surface area contributed by atoms with Crippen LogP contribution in [-0.4, -0.2) is 92.9 Å². The van der Waals surface area contributed by atoms with Gasteiger partial charge in [0.25, 0.3) is 5.91 Å². The molecule has 4 rings (SSSR count). The van der Waals surface area contributed by atoms with Gasteiger partial charge < -0.3 is 20.6 Å². The van der Waals surface area contributed by atoms with E-state index in [0.717, 1.165) is 22.9 Å². The second-order valence-corrected chi connectivity index (χ2v) is 15.9. The number of hydrogen-bond donors (Lipinski definition) is 3. The number of hydrogen-bond acceptors (Lipinski definition) is 9. The van der Waals surface area contributed by atoms with E-state index in [0.29, 0.717) is 25.0 Å². The second kappa shape index (κ2) is 13.1. The maximum Gasteiger partial charge on any atom is 0.306 e. The molecule has 2 heterocycles. The van der Waals surface area contributed by atoms with Gasteiger partial charge in [-0.2, -0.15) is 0 Å². The summed E-state index contributed by atoms with van der Waals surface area (Å²) in [7, 11) is 5.47.